The lowest BCUT2D eigenvalue weighted by molar-refractivity contribution is 0.860. The number of nitrogens with zero attached hydrogens (tertiary/aromatic N) is 2. The van der Waals surface area contributed by atoms with Crippen molar-refractivity contribution in [3.05, 3.63) is 23.5 Å². The van der Waals surface area contributed by atoms with E-state index in [-0.39, 0.29) is 0 Å². The van der Waals surface area contributed by atoms with E-state index in [1.54, 1.807) is 0 Å². The van der Waals surface area contributed by atoms with E-state index < -0.39 is 0 Å². The molecule has 0 radical (unpaired) electrons. The second-order valence-electron chi connectivity index (χ2n) is 3.29. The third kappa shape index (κ3) is 2.05. The minimum Gasteiger partial charge on any atom is -0.277 e. The largest absolute Gasteiger partial charge is 0.277 e. The minimum atomic E-state index is 0.464. The molecule has 0 aliphatic carbocycles. The van der Waals surface area contributed by atoms with Gasteiger partial charge in [0.15, 0.2) is 0 Å². The molecule has 0 aromatic carbocycles. The molecule has 1 rings (SSSR count). The van der Waals surface area contributed by atoms with E-state index in [9.17, 15) is 0 Å². The van der Waals surface area contributed by atoms with Crippen LogP contribution in [0.4, 0.5) is 5.69 Å². The Hall–Kier alpha value is -1.38. The quantitative estimate of drug-likeness (QED) is 0.569. The second kappa shape index (κ2) is 4.03. The van der Waals surface area contributed by atoms with E-state index in [4.69, 9.17) is 0 Å². The minimum absolute atomic E-state index is 0.464. The number of hydrogen-bond acceptors (Lipinski definition) is 3. The van der Waals surface area contributed by atoms with Crippen molar-refractivity contribution in [3.8, 4) is 0 Å². The number of hydrazone groups is 1. The standard InChI is InChI=1S/C10H15N3/c1-7(2)9-5-6-12-8(3)10(9)13-11-4/h5-7,13H,4H2,1-3H3. The first-order valence-corrected chi connectivity index (χ1v) is 4.34. The summed E-state index contributed by atoms with van der Waals surface area (Å²) in [5.41, 5.74) is 6.04. The van der Waals surface area contributed by atoms with Gasteiger partial charge in [-0.05, 0) is 24.5 Å². The average molecular weight is 177 g/mol. The molecule has 1 aromatic rings. The number of anilines is 1. The fraction of sp³-hybridized carbons (Fsp3) is 0.400. The molecule has 0 spiro atoms. The molecular formula is C10H15N3. The molecule has 0 amide bonds. The summed E-state index contributed by atoms with van der Waals surface area (Å²) in [6.07, 6.45) is 1.82. The van der Waals surface area contributed by atoms with Crippen LogP contribution in [-0.4, -0.2) is 11.7 Å². The number of aryl methyl sites for hydroxylation is 1. The number of hydrogen-bond donors (Lipinski definition) is 1. The highest BCUT2D eigenvalue weighted by atomic mass is 15.3. The van der Waals surface area contributed by atoms with Crippen molar-refractivity contribution in [2.75, 3.05) is 5.43 Å². The Balaban J connectivity index is 3.16. The first kappa shape index (κ1) is 9.71. The van der Waals surface area contributed by atoms with Crippen LogP contribution >= 0.6 is 0 Å². The molecule has 1 aromatic heterocycles. The Morgan fingerprint density at radius 1 is 1.54 bits per heavy atom. The topological polar surface area (TPSA) is 37.3 Å². The van der Waals surface area contributed by atoms with Gasteiger partial charge in [-0.3, -0.25) is 10.4 Å². The van der Waals surface area contributed by atoms with Gasteiger partial charge in [0.1, 0.15) is 0 Å². The summed E-state index contributed by atoms with van der Waals surface area (Å²) in [6.45, 7) is 9.65. The van der Waals surface area contributed by atoms with Crippen LogP contribution in [0.25, 0.3) is 0 Å². The average Bonchev–Trinajstić information content (AvgIpc) is 2.08. The normalized spacial score (nSPS) is 10.2. The summed E-state index contributed by atoms with van der Waals surface area (Å²) < 4.78 is 0. The van der Waals surface area contributed by atoms with Gasteiger partial charge in [0.25, 0.3) is 0 Å². The summed E-state index contributed by atoms with van der Waals surface area (Å²) >= 11 is 0. The zero-order valence-corrected chi connectivity index (χ0v) is 8.33. The number of aromatic nitrogens is 1. The van der Waals surface area contributed by atoms with Gasteiger partial charge in [-0.2, -0.15) is 5.10 Å². The molecule has 0 saturated heterocycles. The first-order chi connectivity index (χ1) is 6.16. The molecule has 3 nitrogen and oxygen atoms in total. The maximum Gasteiger partial charge on any atom is 0.0808 e. The van der Waals surface area contributed by atoms with Crippen molar-refractivity contribution < 1.29 is 0 Å². The van der Waals surface area contributed by atoms with E-state index in [2.05, 4.69) is 36.1 Å². The van der Waals surface area contributed by atoms with E-state index >= 15 is 0 Å². The van der Waals surface area contributed by atoms with Gasteiger partial charge in [0.2, 0.25) is 0 Å². The van der Waals surface area contributed by atoms with Crippen molar-refractivity contribution in [2.24, 2.45) is 5.10 Å². The van der Waals surface area contributed by atoms with Crippen molar-refractivity contribution >= 4 is 12.4 Å². The fourth-order valence-electron chi connectivity index (χ4n) is 1.29. The van der Waals surface area contributed by atoms with Crippen molar-refractivity contribution in [3.63, 3.8) is 0 Å². The van der Waals surface area contributed by atoms with Crippen LogP contribution in [0.1, 0.15) is 31.0 Å². The summed E-state index contributed by atoms with van der Waals surface area (Å²) in [5.74, 6) is 0.464. The molecular weight excluding hydrogens is 162 g/mol. The summed E-state index contributed by atoms with van der Waals surface area (Å²) in [4.78, 5) is 4.19. The van der Waals surface area contributed by atoms with Crippen LogP contribution in [-0.2, 0) is 0 Å². The predicted molar refractivity (Wildman–Crippen MR) is 56.2 cm³/mol. The number of nitrogens with one attached hydrogen (secondary N) is 1. The maximum absolute atomic E-state index is 4.19. The van der Waals surface area contributed by atoms with Gasteiger partial charge in [0, 0.05) is 12.9 Å². The van der Waals surface area contributed by atoms with Gasteiger partial charge >= 0.3 is 0 Å². The predicted octanol–water partition coefficient (Wildman–Crippen LogP) is 2.54. The molecule has 0 bridgehead atoms. The number of rotatable bonds is 3. The van der Waals surface area contributed by atoms with Crippen molar-refractivity contribution in [1.29, 1.82) is 0 Å². The summed E-state index contributed by atoms with van der Waals surface area (Å²) in [7, 11) is 0. The highest BCUT2D eigenvalue weighted by Crippen LogP contribution is 2.25. The maximum atomic E-state index is 4.19. The fourth-order valence-corrected chi connectivity index (χ4v) is 1.29. The van der Waals surface area contributed by atoms with Gasteiger partial charge in [0.05, 0.1) is 11.4 Å². The van der Waals surface area contributed by atoms with Crippen LogP contribution in [0, 0.1) is 6.92 Å². The van der Waals surface area contributed by atoms with E-state index in [1.807, 2.05) is 19.2 Å². The van der Waals surface area contributed by atoms with E-state index in [0.29, 0.717) is 5.92 Å². The lowest BCUT2D eigenvalue weighted by Gasteiger charge is -2.13. The Morgan fingerprint density at radius 2 is 2.23 bits per heavy atom. The van der Waals surface area contributed by atoms with Gasteiger partial charge in [-0.25, -0.2) is 0 Å². The monoisotopic (exact) mass is 177 g/mol. The van der Waals surface area contributed by atoms with Crippen molar-refractivity contribution in [1.82, 2.24) is 4.98 Å². The molecule has 0 aliphatic heterocycles. The lowest BCUT2D eigenvalue weighted by atomic mass is 10.0. The zero-order valence-electron chi connectivity index (χ0n) is 8.33. The molecule has 0 atom stereocenters. The molecule has 3 heteroatoms. The smallest absolute Gasteiger partial charge is 0.0808 e. The molecule has 13 heavy (non-hydrogen) atoms. The van der Waals surface area contributed by atoms with E-state index in [0.717, 1.165) is 11.4 Å². The molecule has 1 heterocycles. The van der Waals surface area contributed by atoms with Crippen LogP contribution in [0.15, 0.2) is 17.4 Å². The first-order valence-electron chi connectivity index (χ1n) is 4.34. The van der Waals surface area contributed by atoms with Crippen LogP contribution < -0.4 is 5.43 Å². The van der Waals surface area contributed by atoms with E-state index in [1.165, 1.54) is 5.56 Å². The molecule has 0 saturated carbocycles. The number of pyridine rings is 1. The summed E-state index contributed by atoms with van der Waals surface area (Å²) in [5, 5.41) is 3.67. The summed E-state index contributed by atoms with van der Waals surface area (Å²) in [6, 6.07) is 2.01. The molecule has 1 N–H and O–H groups in total. The Labute approximate surface area is 78.9 Å². The SMILES string of the molecule is C=NNc1c(C(C)C)ccnc1C. The Morgan fingerprint density at radius 3 is 2.77 bits per heavy atom. The zero-order chi connectivity index (χ0) is 9.84. The third-order valence-corrected chi connectivity index (χ3v) is 1.99. The van der Waals surface area contributed by atoms with Gasteiger partial charge < -0.3 is 0 Å². The molecule has 0 unspecified atom stereocenters. The Kier molecular flexibility index (Phi) is 3.01. The van der Waals surface area contributed by atoms with Crippen LogP contribution in [0.2, 0.25) is 0 Å². The molecule has 0 aliphatic rings. The highest BCUT2D eigenvalue weighted by Gasteiger charge is 2.08. The molecule has 0 fully saturated rings. The lowest BCUT2D eigenvalue weighted by Crippen LogP contribution is -2.00. The Bertz CT molecular complexity index is 305. The van der Waals surface area contributed by atoms with Crippen LogP contribution in [0.3, 0.4) is 0 Å². The van der Waals surface area contributed by atoms with Gasteiger partial charge in [-0.1, -0.05) is 13.8 Å². The second-order valence-corrected chi connectivity index (χ2v) is 3.29. The van der Waals surface area contributed by atoms with Crippen molar-refractivity contribution in [2.45, 2.75) is 26.7 Å². The molecule has 70 valence electrons. The van der Waals surface area contributed by atoms with Crippen LogP contribution in [0.5, 0.6) is 0 Å². The van der Waals surface area contributed by atoms with Gasteiger partial charge in [-0.15, -0.1) is 0 Å². The third-order valence-electron chi connectivity index (χ3n) is 1.99. The highest BCUT2D eigenvalue weighted by molar-refractivity contribution is 5.56.